The van der Waals surface area contributed by atoms with Crippen molar-refractivity contribution in [2.24, 2.45) is 0 Å². The minimum absolute atomic E-state index is 0.0960. The zero-order valence-electron chi connectivity index (χ0n) is 12.8. The number of rotatable bonds is 4. The van der Waals surface area contributed by atoms with Crippen molar-refractivity contribution < 1.29 is 26.7 Å². The Balaban J connectivity index is 2.33. The Morgan fingerprint density at radius 3 is 2.22 bits per heavy atom. The topological polar surface area (TPSA) is 84.5 Å². The molecule has 0 radical (unpaired) electrons. The first-order valence-corrected chi connectivity index (χ1v) is 8.85. The molecule has 1 aromatic carbocycles. The summed E-state index contributed by atoms with van der Waals surface area (Å²) in [5.74, 6) is -3.32. The second-order valence-electron chi connectivity index (χ2n) is 5.44. The van der Waals surface area contributed by atoms with Crippen molar-refractivity contribution in [2.75, 3.05) is 31.8 Å². The SMILES string of the molecule is COc1c(F)cc(NC(=O)C2(S(C)(=O)=O)CCNCC2)cc1F. The van der Waals surface area contributed by atoms with E-state index in [2.05, 4.69) is 15.4 Å². The number of carbonyl (C=O) groups is 1. The number of carbonyl (C=O) groups excluding carboxylic acids is 1. The van der Waals surface area contributed by atoms with E-state index in [1.54, 1.807) is 0 Å². The maximum Gasteiger partial charge on any atom is 0.245 e. The Labute approximate surface area is 133 Å². The van der Waals surface area contributed by atoms with Crippen LogP contribution in [0.4, 0.5) is 14.5 Å². The van der Waals surface area contributed by atoms with Crippen LogP contribution in [0.2, 0.25) is 0 Å². The molecule has 1 fully saturated rings. The molecule has 1 aliphatic heterocycles. The number of ether oxygens (including phenoxy) is 1. The number of sulfone groups is 1. The highest BCUT2D eigenvalue weighted by Gasteiger charge is 2.48. The Morgan fingerprint density at radius 1 is 1.26 bits per heavy atom. The summed E-state index contributed by atoms with van der Waals surface area (Å²) in [6, 6.07) is 1.77. The average Bonchev–Trinajstić information content (AvgIpc) is 2.46. The summed E-state index contributed by atoms with van der Waals surface area (Å²) >= 11 is 0. The van der Waals surface area contributed by atoms with Crippen molar-refractivity contribution in [1.29, 1.82) is 0 Å². The molecule has 6 nitrogen and oxygen atoms in total. The summed E-state index contributed by atoms with van der Waals surface area (Å²) in [7, 11) is -2.59. The van der Waals surface area contributed by atoms with Gasteiger partial charge in [0.05, 0.1) is 7.11 Å². The van der Waals surface area contributed by atoms with Crippen molar-refractivity contribution in [2.45, 2.75) is 17.6 Å². The average molecular weight is 348 g/mol. The molecule has 2 N–H and O–H groups in total. The van der Waals surface area contributed by atoms with E-state index in [0.29, 0.717) is 13.1 Å². The first kappa shape index (κ1) is 17.6. The molecule has 0 atom stereocenters. The number of piperidine rings is 1. The molecule has 0 bridgehead atoms. The molecule has 128 valence electrons. The highest BCUT2D eigenvalue weighted by Crippen LogP contribution is 2.31. The van der Waals surface area contributed by atoms with E-state index in [-0.39, 0.29) is 18.5 Å². The van der Waals surface area contributed by atoms with Gasteiger partial charge in [0.2, 0.25) is 5.91 Å². The van der Waals surface area contributed by atoms with E-state index in [0.717, 1.165) is 25.5 Å². The van der Waals surface area contributed by atoms with Crippen molar-refractivity contribution >= 4 is 21.4 Å². The first-order valence-electron chi connectivity index (χ1n) is 6.96. The molecule has 1 aromatic rings. The molecule has 0 saturated carbocycles. The Hall–Kier alpha value is -1.74. The largest absolute Gasteiger partial charge is 0.491 e. The standard InChI is InChI=1S/C14H18F2N2O4S/c1-22-12-10(15)7-9(8-11(12)16)18-13(19)14(23(2,20)21)3-5-17-6-4-14/h7-8,17H,3-6H2,1-2H3,(H,18,19). The monoisotopic (exact) mass is 348 g/mol. The summed E-state index contributed by atoms with van der Waals surface area (Å²) in [5.41, 5.74) is -0.160. The lowest BCUT2D eigenvalue weighted by atomic mass is 9.95. The molecule has 1 amide bonds. The number of methoxy groups -OCH3 is 1. The van der Waals surface area contributed by atoms with Gasteiger partial charge in [0.1, 0.15) is 0 Å². The van der Waals surface area contributed by atoms with Crippen LogP contribution in [0, 0.1) is 11.6 Å². The summed E-state index contributed by atoms with van der Waals surface area (Å²) in [6.45, 7) is 0.734. The summed E-state index contributed by atoms with van der Waals surface area (Å²) in [5, 5.41) is 5.29. The zero-order valence-corrected chi connectivity index (χ0v) is 13.6. The zero-order chi connectivity index (χ0) is 17.3. The van der Waals surface area contributed by atoms with Gasteiger partial charge in [-0.1, -0.05) is 0 Å². The fraction of sp³-hybridized carbons (Fsp3) is 0.500. The first-order chi connectivity index (χ1) is 10.7. The van der Waals surface area contributed by atoms with Gasteiger partial charge in [-0.15, -0.1) is 0 Å². The molecular formula is C14H18F2N2O4S. The van der Waals surface area contributed by atoms with Crippen LogP contribution in [-0.2, 0) is 14.6 Å². The third-order valence-electron chi connectivity index (χ3n) is 4.00. The summed E-state index contributed by atoms with van der Waals surface area (Å²) in [4.78, 5) is 12.5. The molecule has 1 heterocycles. The van der Waals surface area contributed by atoms with Crippen molar-refractivity contribution in [3.05, 3.63) is 23.8 Å². The third kappa shape index (κ3) is 3.30. The maximum atomic E-state index is 13.7. The van der Waals surface area contributed by atoms with Crippen molar-refractivity contribution in [3.63, 3.8) is 0 Å². The van der Waals surface area contributed by atoms with Gasteiger partial charge in [0.15, 0.2) is 32.0 Å². The minimum atomic E-state index is -3.70. The van der Waals surface area contributed by atoms with Gasteiger partial charge in [-0.25, -0.2) is 17.2 Å². The van der Waals surface area contributed by atoms with E-state index in [9.17, 15) is 22.0 Å². The van der Waals surface area contributed by atoms with Gasteiger partial charge in [-0.05, 0) is 25.9 Å². The lowest BCUT2D eigenvalue weighted by Crippen LogP contribution is -2.55. The number of hydrogen-bond donors (Lipinski definition) is 2. The van der Waals surface area contributed by atoms with Gasteiger partial charge in [0.25, 0.3) is 0 Å². The third-order valence-corrected chi connectivity index (χ3v) is 6.01. The molecule has 2 rings (SSSR count). The van der Waals surface area contributed by atoms with Crippen LogP contribution < -0.4 is 15.4 Å². The van der Waals surface area contributed by atoms with Crippen LogP contribution >= 0.6 is 0 Å². The Morgan fingerprint density at radius 2 is 1.78 bits per heavy atom. The van der Waals surface area contributed by atoms with Crippen LogP contribution in [0.3, 0.4) is 0 Å². The number of nitrogens with one attached hydrogen (secondary N) is 2. The lowest BCUT2D eigenvalue weighted by Gasteiger charge is -2.34. The van der Waals surface area contributed by atoms with Crippen LogP contribution in [0.15, 0.2) is 12.1 Å². The predicted molar refractivity (Wildman–Crippen MR) is 81.2 cm³/mol. The smallest absolute Gasteiger partial charge is 0.245 e. The van der Waals surface area contributed by atoms with Crippen molar-refractivity contribution in [1.82, 2.24) is 5.32 Å². The quantitative estimate of drug-likeness (QED) is 0.851. The highest BCUT2D eigenvalue weighted by atomic mass is 32.2. The van der Waals surface area contributed by atoms with E-state index in [1.165, 1.54) is 0 Å². The molecular weight excluding hydrogens is 330 g/mol. The maximum absolute atomic E-state index is 13.7. The molecule has 0 aromatic heterocycles. The molecule has 23 heavy (non-hydrogen) atoms. The van der Waals surface area contributed by atoms with E-state index >= 15 is 0 Å². The summed E-state index contributed by atoms with van der Waals surface area (Å²) in [6.07, 6.45) is 1.19. The van der Waals surface area contributed by atoms with E-state index in [4.69, 9.17) is 0 Å². The fourth-order valence-corrected chi connectivity index (χ4v) is 4.00. The molecule has 0 unspecified atom stereocenters. The minimum Gasteiger partial charge on any atom is -0.491 e. The second-order valence-corrected chi connectivity index (χ2v) is 7.77. The van der Waals surface area contributed by atoms with Gasteiger partial charge in [0, 0.05) is 24.1 Å². The Kier molecular flexibility index (Phi) is 4.90. The van der Waals surface area contributed by atoms with E-state index in [1.807, 2.05) is 0 Å². The van der Waals surface area contributed by atoms with Crippen LogP contribution in [0.25, 0.3) is 0 Å². The van der Waals surface area contributed by atoms with Crippen LogP contribution in [0.1, 0.15) is 12.8 Å². The second kappa shape index (κ2) is 6.40. The van der Waals surface area contributed by atoms with Gasteiger partial charge in [-0.3, -0.25) is 4.79 Å². The van der Waals surface area contributed by atoms with Crippen LogP contribution in [-0.4, -0.2) is 45.5 Å². The van der Waals surface area contributed by atoms with Gasteiger partial charge < -0.3 is 15.4 Å². The van der Waals surface area contributed by atoms with Gasteiger partial charge >= 0.3 is 0 Å². The molecule has 1 saturated heterocycles. The predicted octanol–water partition coefficient (Wildman–Crippen LogP) is 1.08. The van der Waals surface area contributed by atoms with Crippen LogP contribution in [0.5, 0.6) is 5.75 Å². The summed E-state index contributed by atoms with van der Waals surface area (Å²) < 4.78 is 54.6. The van der Waals surface area contributed by atoms with Crippen molar-refractivity contribution in [3.8, 4) is 5.75 Å². The number of anilines is 1. The molecule has 0 aliphatic carbocycles. The number of amides is 1. The number of benzene rings is 1. The number of halogens is 2. The fourth-order valence-electron chi connectivity index (χ4n) is 2.67. The van der Waals surface area contributed by atoms with Gasteiger partial charge in [-0.2, -0.15) is 0 Å². The highest BCUT2D eigenvalue weighted by molar-refractivity contribution is 7.92. The molecule has 1 aliphatic rings. The van der Waals surface area contributed by atoms with E-state index < -0.39 is 37.9 Å². The lowest BCUT2D eigenvalue weighted by molar-refractivity contribution is -0.119. The number of hydrogen-bond acceptors (Lipinski definition) is 5. The normalized spacial score (nSPS) is 17.6. The molecule has 9 heteroatoms. The molecule has 0 spiro atoms. The Bertz CT molecular complexity index is 692.